The molecule has 0 amide bonds. The van der Waals surface area contributed by atoms with E-state index < -0.39 is 0 Å². The fraction of sp³-hybridized carbons (Fsp3) is 0.188. The number of rotatable bonds is 4. The number of aromatic nitrogens is 3. The lowest BCUT2D eigenvalue weighted by atomic mass is 10.1. The molecule has 0 radical (unpaired) electrons. The zero-order chi connectivity index (χ0) is 14.8. The zero-order valence-corrected chi connectivity index (χ0v) is 13.2. The number of ketones is 1. The van der Waals surface area contributed by atoms with Crippen molar-refractivity contribution in [3.05, 3.63) is 58.7 Å². The molecule has 4 nitrogen and oxygen atoms in total. The Hall–Kier alpha value is -2.01. The number of imidazole rings is 1. The van der Waals surface area contributed by atoms with Gasteiger partial charge in [-0.2, -0.15) is 0 Å². The topological polar surface area (TPSA) is 47.8 Å². The fourth-order valence-electron chi connectivity index (χ4n) is 2.29. The predicted molar refractivity (Wildman–Crippen MR) is 85.4 cm³/mol. The van der Waals surface area contributed by atoms with Crippen molar-refractivity contribution in [2.45, 2.75) is 19.9 Å². The molecule has 1 aromatic carbocycles. The van der Waals surface area contributed by atoms with Gasteiger partial charge in [0.2, 0.25) is 5.78 Å². The van der Waals surface area contributed by atoms with Gasteiger partial charge in [0.25, 0.3) is 0 Å². The minimum atomic E-state index is -0.161. The summed E-state index contributed by atoms with van der Waals surface area (Å²) < 4.78 is 2.56. The first-order chi connectivity index (χ1) is 10.2. The normalized spacial score (nSPS) is 11.0. The molecule has 3 aromatic rings. The number of benzene rings is 1. The molecule has 0 aliphatic carbocycles. The Balaban J connectivity index is 2.08. The quantitative estimate of drug-likeness (QED) is 0.676. The van der Waals surface area contributed by atoms with Crippen molar-refractivity contribution in [2.75, 3.05) is 0 Å². The van der Waals surface area contributed by atoms with Crippen LogP contribution in [0.25, 0.3) is 10.9 Å². The van der Waals surface area contributed by atoms with Crippen molar-refractivity contribution in [1.82, 2.24) is 14.5 Å². The fourth-order valence-corrected chi connectivity index (χ4v) is 2.81. The molecule has 2 heterocycles. The average molecular weight is 344 g/mol. The summed E-state index contributed by atoms with van der Waals surface area (Å²) in [7, 11) is 0. The molecule has 21 heavy (non-hydrogen) atoms. The van der Waals surface area contributed by atoms with Crippen LogP contribution in [0.4, 0.5) is 0 Å². The van der Waals surface area contributed by atoms with Gasteiger partial charge in [-0.25, -0.2) is 9.97 Å². The number of hydrogen-bond acceptors (Lipinski definition) is 3. The minimum absolute atomic E-state index is 0.161. The maximum Gasteiger partial charge on any atom is 0.247 e. The molecule has 3 rings (SSSR count). The molecular formula is C16H14BrN3O. The molecule has 0 aliphatic heterocycles. The van der Waals surface area contributed by atoms with Gasteiger partial charge in [0.05, 0.1) is 5.52 Å². The van der Waals surface area contributed by atoms with Gasteiger partial charge in [0.15, 0.2) is 5.82 Å². The van der Waals surface area contributed by atoms with E-state index in [0.29, 0.717) is 16.0 Å². The number of fused-ring (bicyclic) bond motifs is 1. The smallest absolute Gasteiger partial charge is 0.247 e. The summed E-state index contributed by atoms with van der Waals surface area (Å²) in [6.45, 7) is 2.84. The van der Waals surface area contributed by atoms with Gasteiger partial charge in [-0.1, -0.05) is 25.1 Å². The second-order valence-corrected chi connectivity index (χ2v) is 5.64. The summed E-state index contributed by atoms with van der Waals surface area (Å²) in [6, 6.07) is 9.65. The first kappa shape index (κ1) is 13.9. The Kier molecular flexibility index (Phi) is 3.84. The van der Waals surface area contributed by atoms with Crippen molar-refractivity contribution in [2.24, 2.45) is 0 Å². The van der Waals surface area contributed by atoms with Gasteiger partial charge < -0.3 is 4.57 Å². The average Bonchev–Trinajstić information content (AvgIpc) is 2.94. The van der Waals surface area contributed by atoms with E-state index in [1.165, 1.54) is 0 Å². The number of carbonyl (C=O) groups is 1. The molecule has 5 heteroatoms. The van der Waals surface area contributed by atoms with E-state index in [-0.39, 0.29) is 5.78 Å². The van der Waals surface area contributed by atoms with E-state index in [1.54, 1.807) is 6.20 Å². The Morgan fingerprint density at radius 3 is 2.95 bits per heavy atom. The summed E-state index contributed by atoms with van der Waals surface area (Å²) in [5.41, 5.74) is 1.20. The standard InChI is InChI=1S/C16H14BrN3O/c1-2-8-20-9-7-18-16(20)15(21)14-12(17)10-11-5-3-4-6-13(11)19-14/h3-7,9-10H,2,8H2,1H3. The van der Waals surface area contributed by atoms with Crippen LogP contribution in [0.3, 0.4) is 0 Å². The Labute approximate surface area is 131 Å². The molecule has 106 valence electrons. The van der Waals surface area contributed by atoms with E-state index in [9.17, 15) is 4.79 Å². The van der Waals surface area contributed by atoms with Crippen LogP contribution in [-0.2, 0) is 6.54 Å². The highest BCUT2D eigenvalue weighted by atomic mass is 79.9. The largest absolute Gasteiger partial charge is 0.328 e. The maximum atomic E-state index is 12.7. The van der Waals surface area contributed by atoms with Crippen LogP contribution >= 0.6 is 15.9 Å². The van der Waals surface area contributed by atoms with Gasteiger partial charge in [0.1, 0.15) is 5.69 Å². The number of hydrogen-bond donors (Lipinski definition) is 0. The third-order valence-corrected chi connectivity index (χ3v) is 3.88. The Morgan fingerprint density at radius 1 is 1.33 bits per heavy atom. The molecule has 0 atom stereocenters. The molecule has 0 saturated carbocycles. The number of para-hydroxylation sites is 1. The SMILES string of the molecule is CCCn1ccnc1C(=O)c1nc2ccccc2cc1Br. The van der Waals surface area contributed by atoms with E-state index in [2.05, 4.69) is 32.8 Å². The molecule has 0 N–H and O–H groups in total. The molecule has 0 bridgehead atoms. The summed E-state index contributed by atoms with van der Waals surface area (Å²) >= 11 is 3.45. The van der Waals surface area contributed by atoms with Crippen molar-refractivity contribution in [1.29, 1.82) is 0 Å². The minimum Gasteiger partial charge on any atom is -0.328 e. The monoisotopic (exact) mass is 343 g/mol. The number of halogens is 1. The molecule has 0 unspecified atom stereocenters. The van der Waals surface area contributed by atoms with Crippen LogP contribution in [0.15, 0.2) is 47.2 Å². The van der Waals surface area contributed by atoms with Crippen molar-refractivity contribution in [3.8, 4) is 0 Å². The van der Waals surface area contributed by atoms with E-state index in [1.807, 2.05) is 41.1 Å². The summed E-state index contributed by atoms with van der Waals surface area (Å²) in [6.07, 6.45) is 4.42. The van der Waals surface area contributed by atoms with Crippen molar-refractivity contribution < 1.29 is 4.79 Å². The Morgan fingerprint density at radius 2 is 2.14 bits per heavy atom. The number of carbonyl (C=O) groups excluding carboxylic acids is 1. The maximum absolute atomic E-state index is 12.7. The van der Waals surface area contributed by atoms with Gasteiger partial charge in [-0.3, -0.25) is 4.79 Å². The van der Waals surface area contributed by atoms with E-state index in [0.717, 1.165) is 23.9 Å². The zero-order valence-electron chi connectivity index (χ0n) is 11.6. The molecule has 0 fully saturated rings. The molecule has 2 aromatic heterocycles. The second-order valence-electron chi connectivity index (χ2n) is 4.78. The number of pyridine rings is 1. The van der Waals surface area contributed by atoms with Crippen LogP contribution in [-0.4, -0.2) is 20.3 Å². The lowest BCUT2D eigenvalue weighted by molar-refractivity contribution is 0.102. The van der Waals surface area contributed by atoms with Gasteiger partial charge in [-0.15, -0.1) is 0 Å². The van der Waals surface area contributed by atoms with Crippen LogP contribution in [0, 0.1) is 0 Å². The lowest BCUT2D eigenvalue weighted by Gasteiger charge is -2.07. The summed E-state index contributed by atoms with van der Waals surface area (Å²) in [5.74, 6) is 0.270. The van der Waals surface area contributed by atoms with Crippen LogP contribution in [0.2, 0.25) is 0 Å². The molecular weight excluding hydrogens is 330 g/mol. The van der Waals surface area contributed by atoms with Gasteiger partial charge in [0, 0.05) is 28.8 Å². The van der Waals surface area contributed by atoms with Crippen LogP contribution < -0.4 is 0 Å². The molecule has 0 aliphatic rings. The van der Waals surface area contributed by atoms with Crippen LogP contribution in [0.5, 0.6) is 0 Å². The molecule has 0 saturated heterocycles. The highest BCUT2D eigenvalue weighted by molar-refractivity contribution is 9.10. The Bertz CT molecular complexity index is 810. The second kappa shape index (κ2) is 5.77. The summed E-state index contributed by atoms with van der Waals surface area (Å²) in [4.78, 5) is 21.4. The van der Waals surface area contributed by atoms with E-state index in [4.69, 9.17) is 0 Å². The van der Waals surface area contributed by atoms with Crippen LogP contribution in [0.1, 0.15) is 29.7 Å². The van der Waals surface area contributed by atoms with E-state index >= 15 is 0 Å². The van der Waals surface area contributed by atoms with Gasteiger partial charge in [-0.05, 0) is 34.5 Å². The highest BCUT2D eigenvalue weighted by Gasteiger charge is 2.19. The number of aryl methyl sites for hydroxylation is 1. The van der Waals surface area contributed by atoms with Crippen molar-refractivity contribution in [3.63, 3.8) is 0 Å². The number of nitrogens with zero attached hydrogens (tertiary/aromatic N) is 3. The predicted octanol–water partition coefficient (Wildman–Crippen LogP) is 3.83. The first-order valence-corrected chi connectivity index (χ1v) is 7.61. The first-order valence-electron chi connectivity index (χ1n) is 6.82. The third-order valence-electron chi connectivity index (χ3n) is 3.28. The summed E-state index contributed by atoms with van der Waals surface area (Å²) in [5, 5.41) is 0.998. The van der Waals surface area contributed by atoms with Gasteiger partial charge >= 0.3 is 0 Å². The lowest BCUT2D eigenvalue weighted by Crippen LogP contribution is -2.13. The molecule has 0 spiro atoms. The third kappa shape index (κ3) is 2.61. The highest BCUT2D eigenvalue weighted by Crippen LogP contribution is 2.23. The van der Waals surface area contributed by atoms with Crippen molar-refractivity contribution >= 4 is 32.6 Å².